The van der Waals surface area contributed by atoms with Gasteiger partial charge < -0.3 is 24.2 Å². The number of ether oxygens (including phenoxy) is 2. The molecule has 0 spiro atoms. The highest BCUT2D eigenvalue weighted by Crippen LogP contribution is 2.27. The summed E-state index contributed by atoms with van der Waals surface area (Å²) in [6.45, 7) is 8.64. The first-order valence-electron chi connectivity index (χ1n) is 13.5. The minimum absolute atomic E-state index is 0.103. The Morgan fingerprint density at radius 3 is 2.37 bits per heavy atom. The van der Waals surface area contributed by atoms with Crippen molar-refractivity contribution in [3.63, 3.8) is 0 Å². The second-order valence-corrected chi connectivity index (χ2v) is 12.5. The van der Waals surface area contributed by atoms with Crippen molar-refractivity contribution in [1.29, 1.82) is 0 Å². The number of hydrogen-bond donors (Lipinski definition) is 0. The lowest BCUT2D eigenvalue weighted by Gasteiger charge is -2.23. The molecule has 2 amide bonds. The van der Waals surface area contributed by atoms with Gasteiger partial charge in [-0.25, -0.2) is 8.42 Å². The summed E-state index contributed by atoms with van der Waals surface area (Å²) in [4.78, 5) is 31.3. The Balaban J connectivity index is 1.37. The van der Waals surface area contributed by atoms with Gasteiger partial charge in [0, 0.05) is 53.2 Å². The molecule has 38 heavy (non-hydrogen) atoms. The Bertz CT molecular complexity index is 1050. The van der Waals surface area contributed by atoms with Gasteiger partial charge in [0.25, 0.3) is 0 Å². The van der Waals surface area contributed by atoms with Crippen LogP contribution in [0.5, 0.6) is 5.75 Å². The van der Waals surface area contributed by atoms with Crippen LogP contribution < -0.4 is 4.74 Å². The van der Waals surface area contributed by atoms with Crippen LogP contribution in [0.15, 0.2) is 17.0 Å². The van der Waals surface area contributed by atoms with E-state index in [4.69, 9.17) is 9.47 Å². The van der Waals surface area contributed by atoms with Gasteiger partial charge in [0.15, 0.2) is 0 Å². The molecule has 2 aliphatic rings. The van der Waals surface area contributed by atoms with Gasteiger partial charge in [-0.3, -0.25) is 9.59 Å². The van der Waals surface area contributed by atoms with Gasteiger partial charge in [0.2, 0.25) is 21.8 Å². The minimum atomic E-state index is -3.71. The fourth-order valence-electron chi connectivity index (χ4n) is 5.29. The summed E-state index contributed by atoms with van der Waals surface area (Å²) < 4.78 is 38.2. The number of likely N-dealkylation sites (tertiary alicyclic amines) is 2. The zero-order valence-corrected chi connectivity index (χ0v) is 24.4. The van der Waals surface area contributed by atoms with Gasteiger partial charge in [0.05, 0.1) is 18.6 Å². The average Bonchev–Trinajstić information content (AvgIpc) is 3.56. The molecule has 214 valence electrons. The highest BCUT2D eigenvalue weighted by Gasteiger charge is 2.29. The Kier molecular flexibility index (Phi) is 11.0. The second-order valence-electron chi connectivity index (χ2n) is 10.5. The Hall–Kier alpha value is -2.21. The van der Waals surface area contributed by atoms with Crippen LogP contribution in [-0.4, -0.2) is 119 Å². The molecule has 2 heterocycles. The number of sulfonamides is 1. The van der Waals surface area contributed by atoms with Crippen LogP contribution in [0.3, 0.4) is 0 Å². The number of hydrogen-bond acceptors (Lipinski definition) is 7. The summed E-state index contributed by atoms with van der Waals surface area (Å²) in [5, 5.41) is 0. The van der Waals surface area contributed by atoms with Gasteiger partial charge in [0.1, 0.15) is 12.4 Å². The zero-order chi connectivity index (χ0) is 27.9. The van der Waals surface area contributed by atoms with E-state index in [1.165, 1.54) is 24.2 Å². The predicted molar refractivity (Wildman–Crippen MR) is 146 cm³/mol. The number of methoxy groups -OCH3 is 1. The molecule has 11 heteroatoms. The molecule has 0 aliphatic carbocycles. The smallest absolute Gasteiger partial charge is 0.248 e. The van der Waals surface area contributed by atoms with Crippen LogP contribution in [0.4, 0.5) is 0 Å². The van der Waals surface area contributed by atoms with E-state index >= 15 is 0 Å². The lowest BCUT2D eigenvalue weighted by Crippen LogP contribution is -2.37. The molecule has 3 rings (SSSR count). The third kappa shape index (κ3) is 7.91. The van der Waals surface area contributed by atoms with Gasteiger partial charge >= 0.3 is 0 Å². The van der Waals surface area contributed by atoms with Crippen molar-refractivity contribution >= 4 is 21.8 Å². The van der Waals surface area contributed by atoms with Crippen molar-refractivity contribution in [1.82, 2.24) is 19.0 Å². The maximum atomic E-state index is 13.1. The first-order valence-corrected chi connectivity index (χ1v) is 14.9. The van der Waals surface area contributed by atoms with E-state index < -0.39 is 10.0 Å². The van der Waals surface area contributed by atoms with Crippen molar-refractivity contribution in [2.75, 3.05) is 80.2 Å². The molecule has 0 radical (unpaired) electrons. The maximum Gasteiger partial charge on any atom is 0.248 e. The van der Waals surface area contributed by atoms with Crippen LogP contribution in [0.2, 0.25) is 0 Å². The van der Waals surface area contributed by atoms with Crippen molar-refractivity contribution in [2.45, 2.75) is 44.4 Å². The number of benzene rings is 1. The summed E-state index contributed by atoms with van der Waals surface area (Å²) in [5.74, 6) is 0.918. The summed E-state index contributed by atoms with van der Waals surface area (Å²) >= 11 is 0. The van der Waals surface area contributed by atoms with Crippen LogP contribution in [0, 0.1) is 19.8 Å². The third-order valence-electron chi connectivity index (χ3n) is 7.55. The van der Waals surface area contributed by atoms with E-state index in [9.17, 15) is 18.0 Å². The van der Waals surface area contributed by atoms with Crippen LogP contribution >= 0.6 is 0 Å². The molecule has 2 fully saturated rings. The molecule has 1 aromatic carbocycles. The van der Waals surface area contributed by atoms with Crippen molar-refractivity contribution < 1.29 is 27.5 Å². The molecule has 0 saturated carbocycles. The molecular formula is C27H44N4O6S. The summed E-state index contributed by atoms with van der Waals surface area (Å²) in [7, 11) is 1.09. The SMILES string of the molecule is COc1cc(C)c(S(=O)(=O)N(C)CCOCC(=O)N(C)C[C@@H]2CCN(C(=O)CCN3CCCC3)C2)c(C)c1. The lowest BCUT2D eigenvalue weighted by molar-refractivity contribution is -0.135. The van der Waals surface area contributed by atoms with E-state index in [1.54, 1.807) is 45.0 Å². The molecule has 10 nitrogen and oxygen atoms in total. The Morgan fingerprint density at radius 1 is 1.08 bits per heavy atom. The summed E-state index contributed by atoms with van der Waals surface area (Å²) in [6.07, 6.45) is 3.91. The van der Waals surface area contributed by atoms with E-state index in [0.29, 0.717) is 36.4 Å². The van der Waals surface area contributed by atoms with E-state index in [-0.39, 0.29) is 42.4 Å². The molecule has 1 atom stereocenters. The molecule has 2 aliphatic heterocycles. The second kappa shape index (κ2) is 13.7. The zero-order valence-electron chi connectivity index (χ0n) is 23.6. The van der Waals surface area contributed by atoms with Gasteiger partial charge in [-0.05, 0) is 75.4 Å². The third-order valence-corrected chi connectivity index (χ3v) is 9.71. The highest BCUT2D eigenvalue weighted by molar-refractivity contribution is 7.89. The van der Waals surface area contributed by atoms with Crippen LogP contribution in [0.1, 0.15) is 36.8 Å². The summed E-state index contributed by atoms with van der Waals surface area (Å²) in [6, 6.07) is 3.40. The quantitative estimate of drug-likeness (QED) is 0.344. The molecule has 0 bridgehead atoms. The maximum absolute atomic E-state index is 13.1. The topological polar surface area (TPSA) is 99.7 Å². The number of rotatable bonds is 13. The number of amides is 2. The first kappa shape index (κ1) is 30.3. The van der Waals surface area contributed by atoms with Crippen molar-refractivity contribution in [2.24, 2.45) is 5.92 Å². The van der Waals surface area contributed by atoms with E-state index in [0.717, 1.165) is 32.6 Å². The average molecular weight is 553 g/mol. The number of carbonyl (C=O) groups excluding carboxylic acids is 2. The van der Waals surface area contributed by atoms with Crippen LogP contribution in [0.25, 0.3) is 0 Å². The minimum Gasteiger partial charge on any atom is -0.497 e. The molecule has 1 aromatic rings. The first-order chi connectivity index (χ1) is 18.0. The fourth-order valence-corrected chi connectivity index (χ4v) is 6.85. The molecule has 0 N–H and O–H groups in total. The monoisotopic (exact) mass is 552 g/mol. The van der Waals surface area contributed by atoms with E-state index in [1.807, 2.05) is 4.90 Å². The summed E-state index contributed by atoms with van der Waals surface area (Å²) in [5.41, 5.74) is 1.23. The van der Waals surface area contributed by atoms with Gasteiger partial charge in [-0.2, -0.15) is 4.31 Å². The Morgan fingerprint density at radius 2 is 1.74 bits per heavy atom. The molecule has 0 aromatic heterocycles. The fraction of sp³-hybridized carbons (Fsp3) is 0.704. The number of carbonyl (C=O) groups is 2. The largest absolute Gasteiger partial charge is 0.497 e. The standard InChI is InChI=1S/C27H44N4O6S/c1-21-16-24(36-5)17-22(2)27(21)38(34,35)29(4)14-15-37-20-26(33)28(3)18-23-8-13-31(19-23)25(32)9-12-30-10-6-7-11-30/h16-17,23H,6-15,18-20H2,1-5H3/t23-/m0/s1. The predicted octanol–water partition coefficient (Wildman–Crippen LogP) is 1.74. The van der Waals surface area contributed by atoms with Crippen molar-refractivity contribution in [3.8, 4) is 5.75 Å². The Labute approximate surface area is 227 Å². The van der Waals surface area contributed by atoms with Crippen LogP contribution in [-0.2, 0) is 24.3 Å². The molecule has 2 saturated heterocycles. The van der Waals surface area contributed by atoms with Crippen molar-refractivity contribution in [3.05, 3.63) is 23.3 Å². The number of aryl methyl sites for hydroxylation is 2. The molecule has 0 unspecified atom stereocenters. The van der Waals surface area contributed by atoms with Gasteiger partial charge in [-0.15, -0.1) is 0 Å². The normalized spacial score (nSPS) is 18.4. The number of likely N-dealkylation sites (N-methyl/N-ethyl adjacent to an activating group) is 2. The van der Waals surface area contributed by atoms with E-state index in [2.05, 4.69) is 4.90 Å². The highest BCUT2D eigenvalue weighted by atomic mass is 32.2. The molecular weight excluding hydrogens is 508 g/mol. The lowest BCUT2D eigenvalue weighted by atomic mass is 10.1. The number of nitrogens with zero attached hydrogens (tertiary/aromatic N) is 4. The van der Waals surface area contributed by atoms with Gasteiger partial charge in [-0.1, -0.05) is 0 Å².